The Labute approximate surface area is 159 Å². The summed E-state index contributed by atoms with van der Waals surface area (Å²) in [7, 11) is 0. The van der Waals surface area contributed by atoms with E-state index in [-0.39, 0.29) is 23.4 Å². The van der Waals surface area contributed by atoms with Gasteiger partial charge in [0.1, 0.15) is 12.0 Å². The van der Waals surface area contributed by atoms with Crippen LogP contribution in [0.3, 0.4) is 0 Å². The number of nitrogens with zero attached hydrogens (tertiary/aromatic N) is 1. The number of pyridine rings is 2. The molecule has 0 aliphatic carbocycles. The Morgan fingerprint density at radius 3 is 2.93 bits per heavy atom. The molecule has 1 aliphatic heterocycles. The van der Waals surface area contributed by atoms with Crippen molar-refractivity contribution in [1.82, 2.24) is 9.97 Å². The van der Waals surface area contributed by atoms with Crippen LogP contribution in [0.15, 0.2) is 41.3 Å². The molecule has 0 saturated heterocycles. The fourth-order valence-corrected chi connectivity index (χ4v) is 2.82. The fraction of sp³-hybridized carbons (Fsp3) is 0.333. The number of nitrogens with one attached hydrogen (secondary N) is 2. The number of hydrogen-bond donors (Lipinski definition) is 2. The fourth-order valence-electron chi connectivity index (χ4n) is 2.66. The molecule has 144 valence electrons. The molecule has 2 unspecified atom stereocenters. The number of hydrogen-bond acceptors (Lipinski definition) is 5. The molecule has 2 aromatic heterocycles. The molecule has 2 aromatic rings. The maximum atomic E-state index is 13.8. The van der Waals surface area contributed by atoms with Gasteiger partial charge in [-0.2, -0.15) is 0 Å². The van der Waals surface area contributed by atoms with E-state index in [0.29, 0.717) is 10.7 Å². The first-order valence-electron chi connectivity index (χ1n) is 8.26. The van der Waals surface area contributed by atoms with Crippen LogP contribution in [0.25, 0.3) is 11.3 Å². The molecule has 3 rings (SSSR count). The summed E-state index contributed by atoms with van der Waals surface area (Å²) in [4.78, 5) is 19.0. The minimum Gasteiger partial charge on any atom is -0.344 e. The van der Waals surface area contributed by atoms with Gasteiger partial charge in [-0.15, -0.1) is 8.78 Å². The van der Waals surface area contributed by atoms with Crippen molar-refractivity contribution in [2.24, 2.45) is 0 Å². The van der Waals surface area contributed by atoms with Gasteiger partial charge in [-0.3, -0.25) is 14.3 Å². The van der Waals surface area contributed by atoms with Crippen molar-refractivity contribution < 1.29 is 18.3 Å². The minimum atomic E-state index is -3.74. The zero-order valence-electron chi connectivity index (χ0n) is 14.6. The highest BCUT2D eigenvalue weighted by Crippen LogP contribution is 2.27. The Balaban J connectivity index is 1.89. The first-order chi connectivity index (χ1) is 12.7. The van der Waals surface area contributed by atoms with Crippen molar-refractivity contribution in [2.75, 3.05) is 5.32 Å². The molecule has 0 radical (unpaired) electrons. The molecule has 0 saturated carbocycles. The number of aromatic nitrogens is 2. The molecule has 0 fully saturated rings. The first kappa shape index (κ1) is 19.5. The highest BCUT2D eigenvalue weighted by Gasteiger charge is 2.38. The van der Waals surface area contributed by atoms with E-state index in [1.807, 2.05) is 0 Å². The Morgan fingerprint density at radius 2 is 2.15 bits per heavy atom. The van der Waals surface area contributed by atoms with Gasteiger partial charge in [0.2, 0.25) is 0 Å². The summed E-state index contributed by atoms with van der Waals surface area (Å²) in [5.74, 6) is 0.276. The van der Waals surface area contributed by atoms with E-state index < -0.39 is 18.6 Å². The van der Waals surface area contributed by atoms with Crippen molar-refractivity contribution in [1.29, 1.82) is 0 Å². The molecular weight excluding hydrogens is 380 g/mol. The lowest BCUT2D eigenvalue weighted by atomic mass is 10.1. The minimum absolute atomic E-state index is 0.186. The molecule has 9 heteroatoms. The van der Waals surface area contributed by atoms with E-state index in [2.05, 4.69) is 20.0 Å². The van der Waals surface area contributed by atoms with Gasteiger partial charge < -0.3 is 10.3 Å². The van der Waals surface area contributed by atoms with Crippen molar-refractivity contribution >= 4 is 17.4 Å². The van der Waals surface area contributed by atoms with E-state index in [1.165, 1.54) is 25.3 Å². The largest absolute Gasteiger partial charge is 0.487 e. The Hall–Kier alpha value is -2.29. The molecular formula is C18H18ClF2N3O3. The van der Waals surface area contributed by atoms with Crippen molar-refractivity contribution in [3.63, 3.8) is 0 Å². The summed E-state index contributed by atoms with van der Waals surface area (Å²) in [5, 5.41) is 3.15. The number of anilines is 1. The molecule has 2 atom stereocenters. The number of ether oxygens (including phenoxy) is 2. The number of H-pyrrole nitrogens is 1. The topological polar surface area (TPSA) is 76.2 Å². The molecule has 3 heterocycles. The van der Waals surface area contributed by atoms with Gasteiger partial charge in [-0.05, 0) is 31.5 Å². The second kappa shape index (κ2) is 7.75. The van der Waals surface area contributed by atoms with E-state index in [1.54, 1.807) is 25.1 Å². The third-order valence-electron chi connectivity index (χ3n) is 3.89. The highest BCUT2D eigenvalue weighted by molar-refractivity contribution is 6.30. The number of aryl methyl sites for hydroxylation is 1. The number of rotatable bonds is 3. The van der Waals surface area contributed by atoms with Crippen LogP contribution in [-0.2, 0) is 9.47 Å². The zero-order chi connectivity index (χ0) is 19.6. The number of halogens is 3. The van der Waals surface area contributed by atoms with Crippen LogP contribution in [0.2, 0.25) is 5.02 Å². The van der Waals surface area contributed by atoms with Crippen LogP contribution in [0.4, 0.5) is 14.6 Å². The SMILES string of the molecule is Cc1ccc(NC2CC=CC(C)OC(F)(F)O2)nc1-c1cc(Cl)c[nH]c1=O. The normalized spacial score (nSPS) is 22.1. The molecule has 0 spiro atoms. The smallest absolute Gasteiger partial charge is 0.344 e. The summed E-state index contributed by atoms with van der Waals surface area (Å²) in [6, 6.07) is 4.84. The van der Waals surface area contributed by atoms with Crippen LogP contribution in [0.5, 0.6) is 0 Å². The number of aromatic amines is 1. The van der Waals surface area contributed by atoms with E-state index in [9.17, 15) is 13.6 Å². The molecule has 0 aromatic carbocycles. The lowest BCUT2D eigenvalue weighted by Crippen LogP contribution is -2.38. The Morgan fingerprint density at radius 1 is 1.37 bits per heavy atom. The third-order valence-corrected chi connectivity index (χ3v) is 4.11. The Bertz CT molecular complexity index is 917. The summed E-state index contributed by atoms with van der Waals surface area (Å²) >= 11 is 5.95. The average Bonchev–Trinajstić information content (AvgIpc) is 2.57. The van der Waals surface area contributed by atoms with Crippen LogP contribution in [-0.4, -0.2) is 28.6 Å². The lowest BCUT2D eigenvalue weighted by molar-refractivity contribution is -0.411. The summed E-state index contributed by atoms with van der Waals surface area (Å²) < 4.78 is 36.8. The van der Waals surface area contributed by atoms with Gasteiger partial charge in [-0.1, -0.05) is 29.8 Å². The van der Waals surface area contributed by atoms with E-state index in [4.69, 9.17) is 16.3 Å². The van der Waals surface area contributed by atoms with Crippen LogP contribution >= 0.6 is 11.6 Å². The molecule has 6 nitrogen and oxygen atoms in total. The van der Waals surface area contributed by atoms with Crippen LogP contribution < -0.4 is 10.9 Å². The average molecular weight is 398 g/mol. The lowest BCUT2D eigenvalue weighted by Gasteiger charge is -2.27. The molecule has 0 bridgehead atoms. The standard InChI is InChI=1S/C18H18ClF2N3O3/c1-10-6-7-14(24-16(10)13-8-12(19)9-22-17(13)25)23-15-5-3-4-11(2)26-18(20,21)27-15/h3-4,6-9,11,15H,5H2,1-2H3,(H,22,25)(H,23,24). The maximum Gasteiger partial charge on any atom is 0.487 e. The van der Waals surface area contributed by atoms with Crippen LogP contribution in [0, 0.1) is 6.92 Å². The van der Waals surface area contributed by atoms with Gasteiger partial charge in [-0.25, -0.2) is 4.98 Å². The predicted molar refractivity (Wildman–Crippen MR) is 97.8 cm³/mol. The molecule has 1 aliphatic rings. The van der Waals surface area contributed by atoms with Gasteiger partial charge in [0.25, 0.3) is 5.56 Å². The predicted octanol–water partition coefficient (Wildman–Crippen LogP) is 4.07. The molecule has 0 amide bonds. The number of alkyl halides is 2. The second-order valence-electron chi connectivity index (χ2n) is 6.12. The van der Waals surface area contributed by atoms with E-state index in [0.717, 1.165) is 5.56 Å². The Kier molecular flexibility index (Phi) is 5.59. The van der Waals surface area contributed by atoms with Gasteiger partial charge in [0.15, 0.2) is 0 Å². The molecule has 27 heavy (non-hydrogen) atoms. The van der Waals surface area contributed by atoms with Gasteiger partial charge >= 0.3 is 6.29 Å². The zero-order valence-corrected chi connectivity index (χ0v) is 15.4. The van der Waals surface area contributed by atoms with Crippen LogP contribution in [0.1, 0.15) is 18.9 Å². The van der Waals surface area contributed by atoms with Crippen molar-refractivity contribution in [3.8, 4) is 11.3 Å². The van der Waals surface area contributed by atoms with Gasteiger partial charge in [0.05, 0.1) is 22.4 Å². The van der Waals surface area contributed by atoms with Gasteiger partial charge in [0, 0.05) is 12.6 Å². The van der Waals surface area contributed by atoms with Crippen molar-refractivity contribution in [3.05, 3.63) is 57.5 Å². The first-order valence-corrected chi connectivity index (χ1v) is 8.64. The molecule has 2 N–H and O–H groups in total. The maximum absolute atomic E-state index is 13.8. The monoisotopic (exact) mass is 397 g/mol. The van der Waals surface area contributed by atoms with Crippen molar-refractivity contribution in [2.45, 2.75) is 38.9 Å². The highest BCUT2D eigenvalue weighted by atomic mass is 35.5. The third kappa shape index (κ3) is 4.91. The summed E-state index contributed by atoms with van der Waals surface area (Å²) in [6.07, 6.45) is -0.781. The quantitative estimate of drug-likeness (QED) is 0.763. The van der Waals surface area contributed by atoms with E-state index >= 15 is 0 Å². The summed E-state index contributed by atoms with van der Waals surface area (Å²) in [6.45, 7) is 3.28. The summed E-state index contributed by atoms with van der Waals surface area (Å²) in [5.41, 5.74) is 1.05. The second-order valence-corrected chi connectivity index (χ2v) is 6.56.